The first-order valence-electron chi connectivity index (χ1n) is 4.16. The molecule has 0 saturated carbocycles. The fourth-order valence-corrected chi connectivity index (χ4v) is 0.844. The Balaban J connectivity index is 2.64. The highest BCUT2D eigenvalue weighted by atomic mass is 16.3. The molecule has 2 N–H and O–H groups in total. The quantitative estimate of drug-likeness (QED) is 0.733. The van der Waals surface area contributed by atoms with Crippen molar-refractivity contribution in [2.75, 3.05) is 0 Å². The Labute approximate surface area is 76.2 Å². The molecule has 0 aromatic carbocycles. The number of carbonyl (C=O) groups excluding carboxylic acids is 1. The number of hydrogen-bond donors (Lipinski definition) is 2. The Kier molecular flexibility index (Phi) is 2.89. The summed E-state index contributed by atoms with van der Waals surface area (Å²) < 4.78 is 0. The molecule has 1 radical (unpaired) electrons. The van der Waals surface area contributed by atoms with Crippen LogP contribution in [-0.2, 0) is 5.11 Å². The number of amides is 1. The predicted molar refractivity (Wildman–Crippen MR) is 45.9 cm³/mol. The molecule has 0 aliphatic rings. The zero-order valence-electron chi connectivity index (χ0n) is 7.63. The van der Waals surface area contributed by atoms with Gasteiger partial charge in [-0.15, -0.1) is 5.10 Å². The number of aromatic amines is 1. The zero-order valence-corrected chi connectivity index (χ0v) is 7.63. The average molecular weight is 182 g/mol. The van der Waals surface area contributed by atoms with Crippen molar-refractivity contribution in [2.45, 2.75) is 26.3 Å². The molecule has 1 unspecified atom stereocenters. The van der Waals surface area contributed by atoms with E-state index in [0.29, 0.717) is 0 Å². The van der Waals surface area contributed by atoms with E-state index in [4.69, 9.17) is 0 Å². The van der Waals surface area contributed by atoms with E-state index in [1.165, 1.54) is 6.20 Å². The van der Waals surface area contributed by atoms with E-state index in [1.54, 1.807) is 0 Å². The number of H-pyrrole nitrogens is 1. The fraction of sp³-hybridized carbons (Fsp3) is 0.500. The normalized spacial score (nSPS) is 12.5. The summed E-state index contributed by atoms with van der Waals surface area (Å²) in [7, 11) is 0. The maximum atomic E-state index is 11.3. The third kappa shape index (κ3) is 2.21. The van der Waals surface area contributed by atoms with Gasteiger partial charge in [0, 0.05) is 12.2 Å². The highest BCUT2D eigenvalue weighted by Crippen LogP contribution is 2.11. The SMILES string of the molecule is CCC(C)NC(=O)c1c[nH]nc1[O]. The maximum absolute atomic E-state index is 11.3. The van der Waals surface area contributed by atoms with Crippen molar-refractivity contribution in [3.05, 3.63) is 11.8 Å². The van der Waals surface area contributed by atoms with Crippen LogP contribution in [0, 0.1) is 0 Å². The highest BCUT2D eigenvalue weighted by Gasteiger charge is 2.15. The van der Waals surface area contributed by atoms with Gasteiger partial charge in [0.15, 0.2) is 0 Å². The fourth-order valence-electron chi connectivity index (χ4n) is 0.844. The van der Waals surface area contributed by atoms with Crippen LogP contribution in [0.2, 0.25) is 0 Å². The first-order chi connectivity index (χ1) is 6.15. The standard InChI is InChI=1S/C8H12N3O2/c1-3-5(2)10-7(12)6-4-9-11-8(6)13/h4-5H,3H2,1-2H3,(H,9,11)(H,10,12). The van der Waals surface area contributed by atoms with Crippen LogP contribution in [0.15, 0.2) is 6.20 Å². The lowest BCUT2D eigenvalue weighted by molar-refractivity contribution is 0.0935. The lowest BCUT2D eigenvalue weighted by atomic mass is 10.2. The van der Waals surface area contributed by atoms with Gasteiger partial charge in [-0.05, 0) is 13.3 Å². The molecular formula is C8H12N3O2. The zero-order chi connectivity index (χ0) is 9.84. The molecule has 0 aliphatic carbocycles. The van der Waals surface area contributed by atoms with Crippen LogP contribution in [0.1, 0.15) is 30.6 Å². The van der Waals surface area contributed by atoms with Crippen LogP contribution in [0.25, 0.3) is 0 Å². The lowest BCUT2D eigenvalue weighted by Gasteiger charge is -2.09. The Hall–Kier alpha value is -1.52. The number of carbonyl (C=O) groups is 1. The third-order valence-corrected chi connectivity index (χ3v) is 1.84. The number of hydrogen-bond acceptors (Lipinski definition) is 2. The molecule has 13 heavy (non-hydrogen) atoms. The molecule has 1 aromatic rings. The molecule has 0 saturated heterocycles. The van der Waals surface area contributed by atoms with Gasteiger partial charge in [0.05, 0.1) is 0 Å². The van der Waals surface area contributed by atoms with Gasteiger partial charge < -0.3 is 5.32 Å². The summed E-state index contributed by atoms with van der Waals surface area (Å²) in [4.78, 5) is 11.3. The number of aromatic nitrogens is 2. The molecule has 1 amide bonds. The predicted octanol–water partition coefficient (Wildman–Crippen LogP) is 1.08. The molecule has 0 fully saturated rings. The Morgan fingerprint density at radius 3 is 2.92 bits per heavy atom. The minimum absolute atomic E-state index is 0.0697. The Morgan fingerprint density at radius 1 is 1.77 bits per heavy atom. The number of rotatable bonds is 3. The van der Waals surface area contributed by atoms with E-state index in [1.807, 2.05) is 13.8 Å². The summed E-state index contributed by atoms with van der Waals surface area (Å²) in [5.41, 5.74) is 0.0697. The smallest absolute Gasteiger partial charge is 0.300 e. The molecule has 0 spiro atoms. The van der Waals surface area contributed by atoms with Gasteiger partial charge in [0.2, 0.25) is 0 Å². The number of nitrogens with one attached hydrogen (secondary N) is 2. The van der Waals surface area contributed by atoms with Gasteiger partial charge in [0.1, 0.15) is 5.56 Å². The first-order valence-corrected chi connectivity index (χ1v) is 4.16. The average Bonchev–Trinajstić information content (AvgIpc) is 2.51. The van der Waals surface area contributed by atoms with Crippen molar-refractivity contribution in [3.63, 3.8) is 0 Å². The summed E-state index contributed by atoms with van der Waals surface area (Å²) in [6.07, 6.45) is 2.14. The van der Waals surface area contributed by atoms with Crippen molar-refractivity contribution < 1.29 is 9.90 Å². The van der Waals surface area contributed by atoms with Crippen molar-refractivity contribution in [1.82, 2.24) is 15.5 Å². The van der Waals surface area contributed by atoms with Gasteiger partial charge in [-0.25, -0.2) is 0 Å². The highest BCUT2D eigenvalue weighted by molar-refractivity contribution is 5.96. The molecule has 5 heteroatoms. The number of nitrogens with zero attached hydrogens (tertiary/aromatic N) is 1. The Morgan fingerprint density at radius 2 is 2.46 bits per heavy atom. The molecule has 5 nitrogen and oxygen atoms in total. The second-order valence-electron chi connectivity index (χ2n) is 2.89. The summed E-state index contributed by atoms with van der Waals surface area (Å²) in [5, 5.41) is 19.3. The van der Waals surface area contributed by atoms with Crippen LogP contribution in [0.5, 0.6) is 5.88 Å². The second kappa shape index (κ2) is 3.93. The molecule has 1 heterocycles. The van der Waals surface area contributed by atoms with E-state index in [2.05, 4.69) is 15.5 Å². The van der Waals surface area contributed by atoms with E-state index < -0.39 is 5.88 Å². The first kappa shape index (κ1) is 9.57. The summed E-state index contributed by atoms with van der Waals surface area (Å²) in [6, 6.07) is 0.0711. The van der Waals surface area contributed by atoms with Gasteiger partial charge >= 0.3 is 5.88 Å². The minimum Gasteiger partial charge on any atom is -0.349 e. The lowest BCUT2D eigenvalue weighted by Crippen LogP contribution is -2.31. The molecule has 0 aliphatic heterocycles. The van der Waals surface area contributed by atoms with Gasteiger partial charge in [-0.1, -0.05) is 6.92 Å². The van der Waals surface area contributed by atoms with E-state index in [9.17, 15) is 9.90 Å². The third-order valence-electron chi connectivity index (χ3n) is 1.84. The molecular weight excluding hydrogens is 170 g/mol. The van der Waals surface area contributed by atoms with Crippen LogP contribution in [0.4, 0.5) is 0 Å². The van der Waals surface area contributed by atoms with E-state index in [0.717, 1.165) is 6.42 Å². The largest absolute Gasteiger partial charge is 0.349 e. The maximum Gasteiger partial charge on any atom is 0.300 e. The van der Waals surface area contributed by atoms with Crippen LogP contribution in [0.3, 0.4) is 0 Å². The van der Waals surface area contributed by atoms with Gasteiger partial charge in [-0.3, -0.25) is 15.0 Å². The monoisotopic (exact) mass is 182 g/mol. The summed E-state index contributed by atoms with van der Waals surface area (Å²) in [5.74, 6) is -0.881. The molecule has 1 rings (SSSR count). The molecule has 1 aromatic heterocycles. The van der Waals surface area contributed by atoms with Crippen molar-refractivity contribution in [3.8, 4) is 5.88 Å². The second-order valence-corrected chi connectivity index (χ2v) is 2.89. The van der Waals surface area contributed by atoms with Gasteiger partial charge in [0.25, 0.3) is 5.91 Å². The van der Waals surface area contributed by atoms with Crippen molar-refractivity contribution in [1.29, 1.82) is 0 Å². The van der Waals surface area contributed by atoms with E-state index >= 15 is 0 Å². The molecule has 1 atom stereocenters. The van der Waals surface area contributed by atoms with Crippen LogP contribution >= 0.6 is 0 Å². The van der Waals surface area contributed by atoms with E-state index in [-0.39, 0.29) is 17.5 Å². The molecule has 71 valence electrons. The van der Waals surface area contributed by atoms with Crippen molar-refractivity contribution in [2.24, 2.45) is 0 Å². The van der Waals surface area contributed by atoms with Crippen molar-refractivity contribution >= 4 is 5.91 Å². The molecule has 0 bridgehead atoms. The van der Waals surface area contributed by atoms with Gasteiger partial charge in [-0.2, -0.15) is 0 Å². The van der Waals surface area contributed by atoms with Crippen LogP contribution < -0.4 is 5.32 Å². The Bertz CT molecular complexity index is 295. The van der Waals surface area contributed by atoms with Crippen LogP contribution in [-0.4, -0.2) is 22.1 Å². The minimum atomic E-state index is -0.513. The summed E-state index contributed by atoms with van der Waals surface area (Å²) >= 11 is 0. The summed E-state index contributed by atoms with van der Waals surface area (Å²) in [6.45, 7) is 3.83. The topological polar surface area (TPSA) is 77.7 Å².